The van der Waals surface area contributed by atoms with Crippen molar-refractivity contribution in [1.82, 2.24) is 16.0 Å². The number of hydrogen-bond acceptors (Lipinski definition) is 5. The monoisotopic (exact) mass is 661 g/mol. The van der Waals surface area contributed by atoms with E-state index >= 15 is 0 Å². The maximum Gasteiger partial charge on any atom is 0.405 e. The van der Waals surface area contributed by atoms with Gasteiger partial charge in [0.1, 0.15) is 18.3 Å². The maximum atomic E-state index is 14.5. The number of halogens is 9. The minimum atomic E-state index is -5.05. The van der Waals surface area contributed by atoms with E-state index in [0.29, 0.717) is 6.07 Å². The largest absolute Gasteiger partial charge is 0.484 e. The van der Waals surface area contributed by atoms with Crippen LogP contribution < -0.4 is 20.7 Å². The van der Waals surface area contributed by atoms with Gasteiger partial charge in [-0.3, -0.25) is 19.2 Å². The van der Waals surface area contributed by atoms with E-state index in [-0.39, 0.29) is 21.4 Å². The van der Waals surface area contributed by atoms with Crippen LogP contribution in [0.2, 0.25) is 10.0 Å². The number of alkyl halides is 5. The van der Waals surface area contributed by atoms with Gasteiger partial charge >= 0.3 is 12.1 Å². The zero-order valence-corrected chi connectivity index (χ0v) is 23.8. The third kappa shape index (κ3) is 10.9. The van der Waals surface area contributed by atoms with E-state index in [2.05, 4.69) is 5.32 Å². The fourth-order valence-corrected chi connectivity index (χ4v) is 4.00. The highest BCUT2D eigenvalue weighted by atomic mass is 35.5. The molecule has 0 heterocycles. The Balaban J connectivity index is 2.27. The molecule has 0 bridgehead atoms. The van der Waals surface area contributed by atoms with Crippen LogP contribution in [0.1, 0.15) is 19.4 Å². The average Bonchev–Trinajstić information content (AvgIpc) is 2.89. The Morgan fingerprint density at radius 2 is 1.49 bits per heavy atom. The molecule has 0 saturated carbocycles. The van der Waals surface area contributed by atoms with Gasteiger partial charge in [-0.05, 0) is 41.8 Å². The Hall–Kier alpha value is -3.59. The van der Waals surface area contributed by atoms with Gasteiger partial charge < -0.3 is 20.7 Å². The number of rotatable bonds is 13. The van der Waals surface area contributed by atoms with Crippen LogP contribution in [0.4, 0.5) is 30.7 Å². The van der Waals surface area contributed by atoms with Crippen molar-refractivity contribution in [2.45, 2.75) is 44.5 Å². The zero-order chi connectivity index (χ0) is 32.7. The molecule has 0 saturated heterocycles. The summed E-state index contributed by atoms with van der Waals surface area (Å²) in [6, 6.07) is 2.68. The second-order valence-electron chi connectivity index (χ2n) is 9.43. The second kappa shape index (κ2) is 14.7. The molecule has 236 valence electrons. The van der Waals surface area contributed by atoms with Crippen molar-refractivity contribution in [3.63, 3.8) is 0 Å². The van der Waals surface area contributed by atoms with Crippen molar-refractivity contribution in [3.05, 3.63) is 63.6 Å². The molecule has 0 aliphatic heterocycles. The summed E-state index contributed by atoms with van der Waals surface area (Å²) in [5.41, 5.74) is -0.0360. The van der Waals surface area contributed by atoms with Crippen LogP contribution in [0.15, 0.2) is 36.4 Å². The molecule has 3 N–H and O–H groups in total. The summed E-state index contributed by atoms with van der Waals surface area (Å²) in [6.45, 7) is -0.486. The molecule has 2 aromatic carbocycles. The van der Waals surface area contributed by atoms with E-state index in [1.54, 1.807) is 0 Å². The van der Waals surface area contributed by atoms with Gasteiger partial charge in [-0.1, -0.05) is 43.1 Å². The van der Waals surface area contributed by atoms with Crippen molar-refractivity contribution in [2.75, 3.05) is 13.2 Å². The van der Waals surface area contributed by atoms with Gasteiger partial charge in [0.15, 0.2) is 18.2 Å². The number of Topliss-reactive ketones (excluding diaryl/α,β-unsaturated/α-hetero) is 1. The summed E-state index contributed by atoms with van der Waals surface area (Å²) in [5.74, 6) is -15.6. The van der Waals surface area contributed by atoms with Crippen molar-refractivity contribution in [3.8, 4) is 5.75 Å². The van der Waals surface area contributed by atoms with Crippen LogP contribution in [-0.4, -0.2) is 60.8 Å². The first-order valence-electron chi connectivity index (χ1n) is 12.2. The minimum Gasteiger partial charge on any atom is -0.484 e. The molecule has 17 heteroatoms. The Morgan fingerprint density at radius 1 is 0.884 bits per heavy atom. The number of hydrogen-bond donors (Lipinski definition) is 3. The molecular formula is C26H24Cl2F7N3O5. The molecule has 0 fully saturated rings. The van der Waals surface area contributed by atoms with Crippen LogP contribution in [0.25, 0.3) is 0 Å². The number of amides is 3. The predicted molar refractivity (Wildman–Crippen MR) is 140 cm³/mol. The third-order valence-electron chi connectivity index (χ3n) is 5.57. The first-order chi connectivity index (χ1) is 19.8. The first-order valence-corrected chi connectivity index (χ1v) is 13.0. The molecular weight excluding hydrogens is 638 g/mol. The molecule has 0 spiro atoms. The SMILES string of the molecule is CC(C)[C@H](NC(=O)C(Cc1ccc(F)c(F)c1)NC(=O)COc1cc(Cl)cc(Cl)c1)C(=O)C(F)(F)C(=O)NCC(F)(F)F. The quantitative estimate of drug-likeness (QED) is 0.218. The first kappa shape index (κ1) is 35.6. The highest BCUT2D eigenvalue weighted by molar-refractivity contribution is 6.34. The lowest BCUT2D eigenvalue weighted by Gasteiger charge is -2.27. The Kier molecular flexibility index (Phi) is 12.2. The lowest BCUT2D eigenvalue weighted by Crippen LogP contribution is -2.59. The van der Waals surface area contributed by atoms with E-state index in [9.17, 15) is 49.9 Å². The molecule has 0 radical (unpaired) electrons. The number of ketones is 1. The number of carbonyl (C=O) groups excluding carboxylic acids is 4. The summed E-state index contributed by atoms with van der Waals surface area (Å²) >= 11 is 11.7. The molecule has 0 aliphatic rings. The average molecular weight is 662 g/mol. The number of carbonyl (C=O) groups is 4. The number of ether oxygens (including phenoxy) is 1. The third-order valence-corrected chi connectivity index (χ3v) is 6.01. The Morgan fingerprint density at radius 3 is 2.02 bits per heavy atom. The van der Waals surface area contributed by atoms with E-state index in [4.69, 9.17) is 27.9 Å². The summed E-state index contributed by atoms with van der Waals surface area (Å²) < 4.78 is 98.7. The van der Waals surface area contributed by atoms with E-state index in [1.165, 1.54) is 32.0 Å². The number of nitrogens with one attached hydrogen (secondary N) is 3. The standard InChI is InChI=1S/C26H24Cl2F7N3O5/c1-12(2)21(22(40)26(34,35)24(42)36-11-25(31,32)33)38-23(41)19(6-13-3-4-17(29)18(30)5-13)37-20(39)10-43-16-8-14(27)7-15(28)9-16/h3-5,7-9,12,19,21H,6,10-11H2,1-2H3,(H,36,42)(H,37,39)(H,38,41)/t19?,21-/m0/s1. The van der Waals surface area contributed by atoms with Crippen LogP contribution in [0.3, 0.4) is 0 Å². The zero-order valence-electron chi connectivity index (χ0n) is 22.3. The summed E-state index contributed by atoms with van der Waals surface area (Å²) in [7, 11) is 0. The van der Waals surface area contributed by atoms with E-state index in [0.717, 1.165) is 17.4 Å². The molecule has 3 amide bonds. The molecule has 2 atom stereocenters. The Bertz CT molecular complexity index is 1340. The topological polar surface area (TPSA) is 114 Å². The van der Waals surface area contributed by atoms with Gasteiger partial charge in [-0.25, -0.2) is 8.78 Å². The van der Waals surface area contributed by atoms with Crippen LogP contribution >= 0.6 is 23.2 Å². The van der Waals surface area contributed by atoms with Crippen molar-refractivity contribution >= 4 is 46.7 Å². The van der Waals surface area contributed by atoms with Gasteiger partial charge in [-0.2, -0.15) is 22.0 Å². The minimum absolute atomic E-state index is 0.0360. The molecule has 1 unspecified atom stereocenters. The molecule has 8 nitrogen and oxygen atoms in total. The van der Waals surface area contributed by atoms with Gasteiger partial charge in [-0.15, -0.1) is 0 Å². The van der Waals surface area contributed by atoms with Gasteiger partial charge in [0, 0.05) is 16.5 Å². The van der Waals surface area contributed by atoms with Crippen molar-refractivity contribution < 1.29 is 54.6 Å². The smallest absolute Gasteiger partial charge is 0.405 e. The lowest BCUT2D eigenvalue weighted by atomic mass is 9.94. The highest BCUT2D eigenvalue weighted by Crippen LogP contribution is 2.24. The molecule has 2 rings (SSSR count). The second-order valence-corrected chi connectivity index (χ2v) is 10.3. The summed E-state index contributed by atoms with van der Waals surface area (Å²) in [5, 5.41) is 5.44. The van der Waals surface area contributed by atoms with Crippen LogP contribution in [-0.2, 0) is 25.6 Å². The maximum absolute atomic E-state index is 14.5. The normalized spacial score (nSPS) is 13.2. The Labute approximate surface area is 250 Å². The van der Waals surface area contributed by atoms with Crippen molar-refractivity contribution in [2.24, 2.45) is 5.92 Å². The molecule has 0 aromatic heterocycles. The van der Waals surface area contributed by atoms with Crippen LogP contribution in [0.5, 0.6) is 5.75 Å². The summed E-state index contributed by atoms with van der Waals surface area (Å²) in [4.78, 5) is 50.1. The molecule has 0 aliphatic carbocycles. The number of benzene rings is 2. The molecule has 43 heavy (non-hydrogen) atoms. The highest BCUT2D eigenvalue weighted by Gasteiger charge is 2.52. The van der Waals surface area contributed by atoms with Gasteiger partial charge in [0.05, 0.1) is 6.04 Å². The van der Waals surface area contributed by atoms with E-state index < -0.39 is 84.8 Å². The van der Waals surface area contributed by atoms with E-state index in [1.807, 2.05) is 5.32 Å². The van der Waals surface area contributed by atoms with Gasteiger partial charge in [0.2, 0.25) is 11.7 Å². The fraction of sp³-hybridized carbons (Fsp3) is 0.385. The fourth-order valence-electron chi connectivity index (χ4n) is 3.50. The summed E-state index contributed by atoms with van der Waals surface area (Å²) in [6.07, 6.45) is -5.59. The lowest BCUT2D eigenvalue weighted by molar-refractivity contribution is -0.165. The molecule has 2 aromatic rings. The van der Waals surface area contributed by atoms with Crippen LogP contribution in [0, 0.1) is 17.6 Å². The van der Waals surface area contributed by atoms with Gasteiger partial charge in [0.25, 0.3) is 11.8 Å². The predicted octanol–water partition coefficient (Wildman–Crippen LogP) is 4.40. The van der Waals surface area contributed by atoms with Crippen molar-refractivity contribution in [1.29, 1.82) is 0 Å².